The van der Waals surface area contributed by atoms with E-state index in [1.54, 1.807) is 6.20 Å². The number of nitrogens with one attached hydrogen (secondary N) is 2. The zero-order chi connectivity index (χ0) is 11.9. The summed E-state index contributed by atoms with van der Waals surface area (Å²) in [5, 5.41) is 16.7. The first-order chi connectivity index (χ1) is 8.93. The molecule has 0 fully saturated rings. The number of aromatic nitrogens is 5. The number of pyridine rings is 1. The van der Waals surface area contributed by atoms with Crippen LogP contribution < -0.4 is 0 Å². The Balaban J connectivity index is 2.08. The van der Waals surface area contributed by atoms with E-state index in [1.165, 1.54) is 0 Å². The molecule has 5 heteroatoms. The summed E-state index contributed by atoms with van der Waals surface area (Å²) in [6.45, 7) is 0. The van der Waals surface area contributed by atoms with Gasteiger partial charge in [0.15, 0.2) is 5.65 Å². The van der Waals surface area contributed by atoms with Crippen LogP contribution in [0.25, 0.3) is 33.3 Å². The Bertz CT molecular complexity index is 770. The van der Waals surface area contributed by atoms with E-state index >= 15 is 0 Å². The lowest BCUT2D eigenvalue weighted by molar-refractivity contribution is 1.07. The highest BCUT2D eigenvalue weighted by molar-refractivity contribution is 5.99. The Morgan fingerprint density at radius 1 is 0.778 bits per heavy atom. The summed E-state index contributed by atoms with van der Waals surface area (Å²) in [4.78, 5) is 4.24. The van der Waals surface area contributed by atoms with Gasteiger partial charge in [-0.15, -0.1) is 0 Å². The van der Waals surface area contributed by atoms with Crippen LogP contribution in [-0.4, -0.2) is 25.4 Å². The maximum atomic E-state index is 4.35. The summed E-state index contributed by atoms with van der Waals surface area (Å²) in [6, 6.07) is 11.9. The maximum Gasteiger partial charge on any atom is 0.155 e. The summed E-state index contributed by atoms with van der Waals surface area (Å²) in [6.07, 6.45) is 1.74. The van der Waals surface area contributed by atoms with E-state index in [0.717, 1.165) is 33.3 Å². The van der Waals surface area contributed by atoms with E-state index in [-0.39, 0.29) is 0 Å². The quantitative estimate of drug-likeness (QED) is 0.532. The van der Waals surface area contributed by atoms with Gasteiger partial charge in [-0.05, 0) is 18.2 Å². The number of aromatic amines is 2. The zero-order valence-corrected chi connectivity index (χ0v) is 9.38. The first-order valence-electron chi connectivity index (χ1n) is 5.66. The predicted octanol–water partition coefficient (Wildman–Crippen LogP) is 2.50. The largest absolute Gasteiger partial charge is 0.277 e. The molecule has 0 aliphatic rings. The molecule has 1 aromatic carbocycles. The number of hydrogen-bond donors (Lipinski definition) is 2. The van der Waals surface area contributed by atoms with E-state index in [2.05, 4.69) is 25.4 Å². The van der Waals surface area contributed by atoms with Crippen LogP contribution in [0.5, 0.6) is 0 Å². The van der Waals surface area contributed by atoms with Gasteiger partial charge in [0, 0.05) is 17.0 Å². The summed E-state index contributed by atoms with van der Waals surface area (Å²) < 4.78 is 0. The minimum Gasteiger partial charge on any atom is -0.277 e. The Kier molecular flexibility index (Phi) is 1.77. The molecule has 0 spiro atoms. The van der Waals surface area contributed by atoms with Crippen molar-refractivity contribution in [3.8, 4) is 11.4 Å². The molecule has 0 bridgehead atoms. The van der Waals surface area contributed by atoms with E-state index in [0.29, 0.717) is 0 Å². The molecule has 86 valence electrons. The Morgan fingerprint density at radius 3 is 2.56 bits per heavy atom. The molecule has 18 heavy (non-hydrogen) atoms. The molecule has 0 aliphatic carbocycles. The van der Waals surface area contributed by atoms with E-state index in [9.17, 15) is 0 Å². The van der Waals surface area contributed by atoms with Crippen LogP contribution in [0.1, 0.15) is 0 Å². The molecule has 3 aromatic heterocycles. The highest BCUT2D eigenvalue weighted by atomic mass is 15.2. The predicted molar refractivity (Wildman–Crippen MR) is 69.0 cm³/mol. The third-order valence-electron chi connectivity index (χ3n) is 3.03. The molecule has 0 radical (unpaired) electrons. The highest BCUT2D eigenvalue weighted by Crippen LogP contribution is 2.29. The van der Waals surface area contributed by atoms with Crippen molar-refractivity contribution in [2.45, 2.75) is 0 Å². The third-order valence-corrected chi connectivity index (χ3v) is 3.03. The lowest BCUT2D eigenvalue weighted by Crippen LogP contribution is -1.80. The smallest absolute Gasteiger partial charge is 0.155 e. The van der Waals surface area contributed by atoms with Gasteiger partial charge < -0.3 is 0 Å². The topological polar surface area (TPSA) is 70.2 Å². The van der Waals surface area contributed by atoms with Gasteiger partial charge in [0.1, 0.15) is 11.4 Å². The van der Waals surface area contributed by atoms with Gasteiger partial charge in [0.2, 0.25) is 0 Å². The van der Waals surface area contributed by atoms with Crippen LogP contribution in [-0.2, 0) is 0 Å². The van der Waals surface area contributed by atoms with E-state index < -0.39 is 0 Å². The maximum absolute atomic E-state index is 4.35. The molecule has 0 saturated heterocycles. The first kappa shape index (κ1) is 9.35. The number of benzene rings is 1. The van der Waals surface area contributed by atoms with Crippen LogP contribution in [0.2, 0.25) is 0 Å². The number of hydrogen-bond acceptors (Lipinski definition) is 3. The van der Waals surface area contributed by atoms with Gasteiger partial charge in [-0.25, -0.2) is 4.98 Å². The minimum atomic E-state index is 0.777. The molecule has 3 heterocycles. The number of fused-ring (bicyclic) bond motifs is 2. The summed E-state index contributed by atoms with van der Waals surface area (Å²) in [5.41, 5.74) is 3.47. The molecule has 0 aliphatic heterocycles. The molecule has 0 amide bonds. The normalized spacial score (nSPS) is 11.3. The number of H-pyrrole nitrogens is 2. The second-order valence-electron chi connectivity index (χ2n) is 4.09. The number of nitrogens with zero attached hydrogens (tertiary/aromatic N) is 3. The van der Waals surface area contributed by atoms with Gasteiger partial charge in [-0.1, -0.05) is 18.2 Å². The Hall–Kier alpha value is -2.69. The lowest BCUT2D eigenvalue weighted by atomic mass is 10.1. The number of rotatable bonds is 1. The van der Waals surface area contributed by atoms with Crippen molar-refractivity contribution in [1.29, 1.82) is 0 Å². The van der Waals surface area contributed by atoms with Crippen molar-refractivity contribution in [1.82, 2.24) is 25.4 Å². The molecular formula is C13H9N5. The Morgan fingerprint density at radius 2 is 1.56 bits per heavy atom. The lowest BCUT2D eigenvalue weighted by Gasteiger charge is -1.93. The second kappa shape index (κ2) is 3.40. The van der Waals surface area contributed by atoms with Crippen molar-refractivity contribution in [2.75, 3.05) is 0 Å². The molecule has 4 aromatic rings. The van der Waals surface area contributed by atoms with Gasteiger partial charge >= 0.3 is 0 Å². The number of para-hydroxylation sites is 1. The third kappa shape index (κ3) is 1.18. The molecular weight excluding hydrogens is 226 g/mol. The average Bonchev–Trinajstić information content (AvgIpc) is 3.01. The van der Waals surface area contributed by atoms with Crippen molar-refractivity contribution in [2.24, 2.45) is 0 Å². The summed E-state index contributed by atoms with van der Waals surface area (Å²) >= 11 is 0. The first-order valence-corrected chi connectivity index (χ1v) is 5.66. The molecule has 0 unspecified atom stereocenters. The van der Waals surface area contributed by atoms with Crippen molar-refractivity contribution in [3.63, 3.8) is 0 Å². The van der Waals surface area contributed by atoms with Crippen LogP contribution in [0.4, 0.5) is 0 Å². The van der Waals surface area contributed by atoms with Gasteiger partial charge in [0.05, 0.1) is 5.52 Å². The summed E-state index contributed by atoms with van der Waals surface area (Å²) in [7, 11) is 0. The monoisotopic (exact) mass is 235 g/mol. The molecule has 5 nitrogen and oxygen atoms in total. The standard InChI is InChI=1S/C13H9N5/c1-2-6-10-8(4-1)11(16-15-10)12-9-5-3-7-14-13(9)18-17-12/h1-7H,(H,15,16)(H,14,17,18). The molecule has 0 saturated carbocycles. The van der Waals surface area contributed by atoms with Crippen LogP contribution >= 0.6 is 0 Å². The van der Waals surface area contributed by atoms with Crippen LogP contribution in [0, 0.1) is 0 Å². The van der Waals surface area contributed by atoms with Gasteiger partial charge in [0.25, 0.3) is 0 Å². The fourth-order valence-electron chi connectivity index (χ4n) is 2.18. The van der Waals surface area contributed by atoms with Crippen LogP contribution in [0.3, 0.4) is 0 Å². The van der Waals surface area contributed by atoms with E-state index in [4.69, 9.17) is 0 Å². The summed E-state index contributed by atoms with van der Waals surface area (Å²) in [5.74, 6) is 0. The SMILES string of the molecule is c1ccc2c(-c3n[nH]c4ncccc34)n[nH]c2c1. The fraction of sp³-hybridized carbons (Fsp3) is 0. The minimum absolute atomic E-state index is 0.777. The van der Waals surface area contributed by atoms with Gasteiger partial charge in [-0.3, -0.25) is 10.2 Å². The zero-order valence-electron chi connectivity index (χ0n) is 9.38. The van der Waals surface area contributed by atoms with Crippen molar-refractivity contribution >= 4 is 21.9 Å². The molecule has 0 atom stereocenters. The molecule has 2 N–H and O–H groups in total. The van der Waals surface area contributed by atoms with Crippen molar-refractivity contribution in [3.05, 3.63) is 42.6 Å². The van der Waals surface area contributed by atoms with E-state index in [1.807, 2.05) is 36.4 Å². The van der Waals surface area contributed by atoms with Crippen LogP contribution in [0.15, 0.2) is 42.6 Å². The fourth-order valence-corrected chi connectivity index (χ4v) is 2.18. The molecule has 4 rings (SSSR count). The second-order valence-corrected chi connectivity index (χ2v) is 4.09. The highest BCUT2D eigenvalue weighted by Gasteiger charge is 2.14. The van der Waals surface area contributed by atoms with Crippen molar-refractivity contribution < 1.29 is 0 Å². The van der Waals surface area contributed by atoms with Gasteiger partial charge in [-0.2, -0.15) is 10.2 Å². The average molecular weight is 235 g/mol. The Labute approximate surface area is 102 Å².